The summed E-state index contributed by atoms with van der Waals surface area (Å²) >= 11 is 1.70. The van der Waals surface area contributed by atoms with E-state index in [1.54, 1.807) is 11.3 Å². The van der Waals surface area contributed by atoms with E-state index >= 15 is 0 Å². The van der Waals surface area contributed by atoms with Gasteiger partial charge in [0.2, 0.25) is 5.91 Å². The first-order chi connectivity index (χ1) is 9.61. The number of rotatable bonds is 6. The third-order valence-corrected chi connectivity index (χ3v) is 4.15. The molecule has 20 heavy (non-hydrogen) atoms. The molecule has 4 nitrogen and oxygen atoms in total. The molecule has 108 valence electrons. The maximum absolute atomic E-state index is 11.7. The Labute approximate surface area is 123 Å². The molecule has 2 aromatic rings. The number of thiophene rings is 1. The van der Waals surface area contributed by atoms with E-state index in [0.29, 0.717) is 13.0 Å². The van der Waals surface area contributed by atoms with E-state index in [4.69, 9.17) is 0 Å². The zero-order valence-corrected chi connectivity index (χ0v) is 13.0. The van der Waals surface area contributed by atoms with Crippen LogP contribution in [0.5, 0.6) is 0 Å². The molecular weight excluding hydrogens is 270 g/mol. The maximum Gasteiger partial charge on any atom is 0.220 e. The average Bonchev–Trinajstić information content (AvgIpc) is 3.01. The van der Waals surface area contributed by atoms with Crippen LogP contribution in [0.3, 0.4) is 0 Å². The van der Waals surface area contributed by atoms with Crippen LogP contribution in [-0.2, 0) is 4.79 Å². The molecule has 0 aliphatic heterocycles. The lowest BCUT2D eigenvalue weighted by molar-refractivity contribution is -0.121. The first-order valence-electron chi connectivity index (χ1n) is 6.94. The second kappa shape index (κ2) is 6.70. The summed E-state index contributed by atoms with van der Waals surface area (Å²) in [5, 5.41) is 9.63. The Morgan fingerprint density at radius 2 is 2.30 bits per heavy atom. The van der Waals surface area contributed by atoms with Crippen LogP contribution < -0.4 is 5.32 Å². The second-order valence-electron chi connectivity index (χ2n) is 4.96. The van der Waals surface area contributed by atoms with Crippen LogP contribution in [0.25, 0.3) is 0 Å². The Bertz CT molecular complexity index is 560. The van der Waals surface area contributed by atoms with Crippen molar-refractivity contribution in [2.75, 3.05) is 6.54 Å². The SMILES string of the molecule is CCCC(=O)NCC(c1cccs1)n1nc(C)cc1C. The highest BCUT2D eigenvalue weighted by Gasteiger charge is 2.18. The van der Waals surface area contributed by atoms with E-state index in [1.165, 1.54) is 4.88 Å². The highest BCUT2D eigenvalue weighted by molar-refractivity contribution is 7.10. The third kappa shape index (κ3) is 3.48. The van der Waals surface area contributed by atoms with Gasteiger partial charge < -0.3 is 5.32 Å². The fourth-order valence-electron chi connectivity index (χ4n) is 2.28. The van der Waals surface area contributed by atoms with Crippen LogP contribution in [0.2, 0.25) is 0 Å². The van der Waals surface area contributed by atoms with Gasteiger partial charge in [0.1, 0.15) is 6.04 Å². The normalized spacial score (nSPS) is 12.3. The fourth-order valence-corrected chi connectivity index (χ4v) is 3.09. The molecule has 2 aromatic heterocycles. The van der Waals surface area contributed by atoms with Gasteiger partial charge in [-0.05, 0) is 37.8 Å². The largest absolute Gasteiger partial charge is 0.354 e. The van der Waals surface area contributed by atoms with Gasteiger partial charge in [0.25, 0.3) is 0 Å². The van der Waals surface area contributed by atoms with Gasteiger partial charge in [0.05, 0.1) is 5.69 Å². The first-order valence-corrected chi connectivity index (χ1v) is 7.82. The lowest BCUT2D eigenvalue weighted by Gasteiger charge is -2.18. The van der Waals surface area contributed by atoms with E-state index in [0.717, 1.165) is 17.8 Å². The molecule has 5 heteroatoms. The minimum absolute atomic E-state index is 0.0736. The molecule has 2 rings (SSSR count). The molecular formula is C15H21N3OS. The molecule has 0 bridgehead atoms. The fraction of sp³-hybridized carbons (Fsp3) is 0.467. The van der Waals surface area contributed by atoms with Crippen molar-refractivity contribution < 1.29 is 4.79 Å². The molecule has 1 unspecified atom stereocenters. The number of amides is 1. The molecule has 0 aromatic carbocycles. The monoisotopic (exact) mass is 291 g/mol. The summed E-state index contributed by atoms with van der Waals surface area (Å²) < 4.78 is 2.01. The molecule has 1 N–H and O–H groups in total. The first kappa shape index (κ1) is 14.8. The quantitative estimate of drug-likeness (QED) is 0.889. The standard InChI is InChI=1S/C15H21N3OS/c1-4-6-15(19)16-10-13(14-7-5-8-20-14)18-12(3)9-11(2)17-18/h5,7-9,13H,4,6,10H2,1-3H3,(H,16,19). The molecule has 0 saturated heterocycles. The number of aromatic nitrogens is 2. The van der Waals surface area contributed by atoms with Crippen molar-refractivity contribution in [1.82, 2.24) is 15.1 Å². The molecule has 0 fully saturated rings. The molecule has 0 saturated carbocycles. The Kier molecular flexibility index (Phi) is 4.95. The van der Waals surface area contributed by atoms with Gasteiger partial charge in [0, 0.05) is 23.5 Å². The van der Waals surface area contributed by atoms with Crippen molar-refractivity contribution in [2.24, 2.45) is 0 Å². The van der Waals surface area contributed by atoms with Crippen molar-refractivity contribution in [2.45, 2.75) is 39.7 Å². The third-order valence-electron chi connectivity index (χ3n) is 3.18. The lowest BCUT2D eigenvalue weighted by Crippen LogP contribution is -2.31. The number of nitrogens with one attached hydrogen (secondary N) is 1. The predicted molar refractivity (Wildman–Crippen MR) is 82.1 cm³/mol. The van der Waals surface area contributed by atoms with Crippen molar-refractivity contribution in [3.8, 4) is 0 Å². The summed E-state index contributed by atoms with van der Waals surface area (Å²) in [7, 11) is 0. The summed E-state index contributed by atoms with van der Waals surface area (Å²) in [6.45, 7) is 6.64. The molecule has 0 aliphatic carbocycles. The van der Waals surface area contributed by atoms with Crippen LogP contribution in [0.15, 0.2) is 23.6 Å². The Hall–Kier alpha value is -1.62. The summed E-state index contributed by atoms with van der Waals surface area (Å²) in [5.74, 6) is 0.107. The van der Waals surface area contributed by atoms with Gasteiger partial charge in [-0.2, -0.15) is 5.10 Å². The van der Waals surface area contributed by atoms with Gasteiger partial charge in [-0.15, -0.1) is 11.3 Å². The van der Waals surface area contributed by atoms with Crippen LogP contribution >= 0.6 is 11.3 Å². The lowest BCUT2D eigenvalue weighted by atomic mass is 10.2. The number of carbonyl (C=O) groups is 1. The van der Waals surface area contributed by atoms with Crippen molar-refractivity contribution in [1.29, 1.82) is 0 Å². The molecule has 0 radical (unpaired) electrons. The summed E-state index contributed by atoms with van der Waals surface area (Å²) in [6.07, 6.45) is 1.45. The highest BCUT2D eigenvalue weighted by atomic mass is 32.1. The Balaban J connectivity index is 2.18. The molecule has 2 heterocycles. The smallest absolute Gasteiger partial charge is 0.220 e. The van der Waals surface area contributed by atoms with Gasteiger partial charge in [-0.25, -0.2) is 0 Å². The van der Waals surface area contributed by atoms with E-state index in [1.807, 2.05) is 24.6 Å². The number of hydrogen-bond donors (Lipinski definition) is 1. The topological polar surface area (TPSA) is 46.9 Å². The Morgan fingerprint density at radius 3 is 2.85 bits per heavy atom. The number of carbonyl (C=O) groups excluding carboxylic acids is 1. The minimum atomic E-state index is 0.0736. The molecule has 1 amide bonds. The average molecular weight is 291 g/mol. The van der Waals surface area contributed by atoms with Crippen LogP contribution in [0.4, 0.5) is 0 Å². The van der Waals surface area contributed by atoms with Crippen LogP contribution in [-0.4, -0.2) is 22.2 Å². The van der Waals surface area contributed by atoms with Crippen LogP contribution in [0, 0.1) is 13.8 Å². The highest BCUT2D eigenvalue weighted by Crippen LogP contribution is 2.24. The van der Waals surface area contributed by atoms with Gasteiger partial charge in [-0.3, -0.25) is 9.48 Å². The van der Waals surface area contributed by atoms with E-state index in [-0.39, 0.29) is 11.9 Å². The van der Waals surface area contributed by atoms with E-state index in [2.05, 4.69) is 34.9 Å². The molecule has 0 spiro atoms. The van der Waals surface area contributed by atoms with Crippen molar-refractivity contribution in [3.05, 3.63) is 39.8 Å². The van der Waals surface area contributed by atoms with Gasteiger partial charge >= 0.3 is 0 Å². The van der Waals surface area contributed by atoms with Crippen molar-refractivity contribution in [3.63, 3.8) is 0 Å². The number of hydrogen-bond acceptors (Lipinski definition) is 3. The number of aryl methyl sites for hydroxylation is 2. The zero-order chi connectivity index (χ0) is 14.5. The predicted octanol–water partition coefficient (Wildman–Crippen LogP) is 3.07. The summed E-state index contributed by atoms with van der Waals surface area (Å²) in [4.78, 5) is 12.9. The summed E-state index contributed by atoms with van der Waals surface area (Å²) in [5.41, 5.74) is 2.12. The minimum Gasteiger partial charge on any atom is -0.354 e. The van der Waals surface area contributed by atoms with Crippen LogP contribution in [0.1, 0.15) is 42.1 Å². The van der Waals surface area contributed by atoms with Gasteiger partial charge in [0.15, 0.2) is 0 Å². The molecule has 0 aliphatic rings. The Morgan fingerprint density at radius 1 is 1.50 bits per heavy atom. The van der Waals surface area contributed by atoms with E-state index in [9.17, 15) is 4.79 Å². The second-order valence-corrected chi connectivity index (χ2v) is 5.94. The number of nitrogens with zero attached hydrogens (tertiary/aromatic N) is 2. The van der Waals surface area contributed by atoms with Crippen molar-refractivity contribution >= 4 is 17.2 Å². The summed E-state index contributed by atoms with van der Waals surface area (Å²) in [6, 6.07) is 6.27. The maximum atomic E-state index is 11.7. The van der Waals surface area contributed by atoms with E-state index < -0.39 is 0 Å². The molecule has 1 atom stereocenters. The zero-order valence-electron chi connectivity index (χ0n) is 12.2. The van der Waals surface area contributed by atoms with Gasteiger partial charge in [-0.1, -0.05) is 13.0 Å².